The third-order valence-electron chi connectivity index (χ3n) is 2.13. The molecule has 0 amide bonds. The highest BCUT2D eigenvalue weighted by Gasteiger charge is 1.95. The molecule has 98 valence electrons. The van der Waals surface area contributed by atoms with E-state index < -0.39 is 0 Å². The minimum atomic E-state index is 0.786. The molecule has 1 rings (SSSR count). The van der Waals surface area contributed by atoms with E-state index in [1.54, 1.807) is 0 Å². The van der Waals surface area contributed by atoms with Gasteiger partial charge < -0.3 is 5.73 Å². The largest absolute Gasteiger partial charge is 0.402 e. The number of aldehydes is 1. The van der Waals surface area contributed by atoms with Gasteiger partial charge in [-0.3, -0.25) is 4.79 Å². The van der Waals surface area contributed by atoms with E-state index in [-0.39, 0.29) is 0 Å². The Morgan fingerprint density at radius 1 is 1.44 bits per heavy atom. The van der Waals surface area contributed by atoms with Crippen molar-refractivity contribution in [2.75, 3.05) is 0 Å². The summed E-state index contributed by atoms with van der Waals surface area (Å²) in [4.78, 5) is 11.3. The molecule has 1 aromatic heterocycles. The van der Waals surface area contributed by atoms with Crippen LogP contribution < -0.4 is 5.73 Å². The SMILES string of the molecule is C=C.CC/C=C(/N)C/C=C\Cc1csc(C=O)c1. The van der Waals surface area contributed by atoms with Crippen molar-refractivity contribution in [3.8, 4) is 0 Å². The molecule has 3 heteroatoms. The van der Waals surface area contributed by atoms with Crippen molar-refractivity contribution in [2.24, 2.45) is 5.73 Å². The highest BCUT2D eigenvalue weighted by Crippen LogP contribution is 2.13. The molecular formula is C15H21NOS. The number of allylic oxidation sites excluding steroid dienone is 3. The quantitative estimate of drug-likeness (QED) is 0.620. The number of thiophene rings is 1. The van der Waals surface area contributed by atoms with Crippen LogP contribution in [-0.2, 0) is 6.42 Å². The minimum Gasteiger partial charge on any atom is -0.402 e. The highest BCUT2D eigenvalue weighted by atomic mass is 32.1. The van der Waals surface area contributed by atoms with Gasteiger partial charge >= 0.3 is 0 Å². The number of nitrogens with two attached hydrogens (primary N) is 1. The van der Waals surface area contributed by atoms with Crippen LogP contribution in [0.4, 0.5) is 0 Å². The standard InChI is InChI=1S/C13H17NOS.C2H4/c1-2-5-12(14)7-4-3-6-11-8-13(9-15)16-10-11;1-2/h3-5,8-10H,2,6-7,14H2,1H3;1-2H2/b4-3-,12-5+;. The van der Waals surface area contributed by atoms with Crippen LogP contribution in [0.1, 0.15) is 35.0 Å². The van der Waals surface area contributed by atoms with Crippen LogP contribution in [0.15, 0.2) is 48.5 Å². The van der Waals surface area contributed by atoms with Crippen LogP contribution >= 0.6 is 11.3 Å². The summed E-state index contributed by atoms with van der Waals surface area (Å²) in [7, 11) is 0. The van der Waals surface area contributed by atoms with E-state index in [1.165, 1.54) is 16.9 Å². The Balaban J connectivity index is 0.00000137. The summed E-state index contributed by atoms with van der Waals surface area (Å²) in [5, 5.41) is 2.01. The van der Waals surface area contributed by atoms with Gasteiger partial charge in [0.25, 0.3) is 0 Å². The smallest absolute Gasteiger partial charge is 0.160 e. The van der Waals surface area contributed by atoms with Crippen LogP contribution in [0, 0.1) is 0 Å². The van der Waals surface area contributed by atoms with Crippen molar-refractivity contribution in [1.82, 2.24) is 0 Å². The Morgan fingerprint density at radius 3 is 2.72 bits per heavy atom. The molecule has 18 heavy (non-hydrogen) atoms. The highest BCUT2D eigenvalue weighted by molar-refractivity contribution is 7.11. The number of carbonyl (C=O) groups excluding carboxylic acids is 1. The normalized spacial score (nSPS) is 11.1. The fourth-order valence-electron chi connectivity index (χ4n) is 1.35. The summed E-state index contributed by atoms with van der Waals surface area (Å²) in [6.07, 6.45) is 9.72. The van der Waals surface area contributed by atoms with Gasteiger partial charge in [-0.15, -0.1) is 24.5 Å². The molecule has 0 saturated carbocycles. The zero-order valence-electron chi connectivity index (χ0n) is 10.9. The monoisotopic (exact) mass is 263 g/mol. The number of carbonyl (C=O) groups is 1. The maximum atomic E-state index is 10.5. The van der Waals surface area contributed by atoms with E-state index >= 15 is 0 Å². The molecule has 0 bridgehead atoms. The maximum absolute atomic E-state index is 10.5. The predicted octanol–water partition coefficient (Wildman–Crippen LogP) is 4.10. The lowest BCUT2D eigenvalue weighted by Crippen LogP contribution is -1.94. The van der Waals surface area contributed by atoms with Gasteiger partial charge in [0.15, 0.2) is 6.29 Å². The Labute approximate surface area is 114 Å². The molecule has 0 fully saturated rings. The third kappa shape index (κ3) is 6.86. The van der Waals surface area contributed by atoms with Crippen LogP contribution in [-0.4, -0.2) is 6.29 Å². The Bertz CT molecular complexity index is 404. The molecule has 0 aromatic carbocycles. The van der Waals surface area contributed by atoms with Gasteiger partial charge in [0.2, 0.25) is 0 Å². The molecule has 2 N–H and O–H groups in total. The molecule has 0 atom stereocenters. The topological polar surface area (TPSA) is 43.1 Å². The number of hydrogen-bond acceptors (Lipinski definition) is 3. The summed E-state index contributed by atoms with van der Waals surface area (Å²) in [6, 6.07) is 1.92. The van der Waals surface area contributed by atoms with Crippen molar-refractivity contribution in [3.05, 3.63) is 59.0 Å². The van der Waals surface area contributed by atoms with Gasteiger partial charge in [0.1, 0.15) is 0 Å². The van der Waals surface area contributed by atoms with Gasteiger partial charge in [0.05, 0.1) is 4.88 Å². The molecule has 1 heterocycles. The second-order valence-corrected chi connectivity index (χ2v) is 4.48. The van der Waals surface area contributed by atoms with Crippen molar-refractivity contribution in [2.45, 2.75) is 26.2 Å². The molecule has 0 aliphatic rings. The molecule has 0 aliphatic heterocycles. The van der Waals surface area contributed by atoms with Crippen LogP contribution in [0.3, 0.4) is 0 Å². The predicted molar refractivity (Wildman–Crippen MR) is 81.0 cm³/mol. The van der Waals surface area contributed by atoms with Crippen molar-refractivity contribution < 1.29 is 4.79 Å². The lowest BCUT2D eigenvalue weighted by molar-refractivity contribution is 0.112. The zero-order chi connectivity index (χ0) is 13.8. The van der Waals surface area contributed by atoms with Crippen molar-refractivity contribution in [1.29, 1.82) is 0 Å². The summed E-state index contributed by atoms with van der Waals surface area (Å²) in [5.41, 5.74) is 7.85. The van der Waals surface area contributed by atoms with E-state index in [1.807, 2.05) is 17.5 Å². The third-order valence-corrected chi connectivity index (χ3v) is 3.04. The summed E-state index contributed by atoms with van der Waals surface area (Å²) in [6.45, 7) is 8.07. The van der Waals surface area contributed by atoms with E-state index in [0.717, 1.165) is 36.1 Å². The first kappa shape index (κ1) is 16.4. The second kappa shape index (κ2) is 10.5. The average Bonchev–Trinajstić information content (AvgIpc) is 2.85. The number of hydrogen-bond donors (Lipinski definition) is 1. The van der Waals surface area contributed by atoms with Crippen molar-refractivity contribution in [3.63, 3.8) is 0 Å². The van der Waals surface area contributed by atoms with E-state index in [2.05, 4.69) is 32.2 Å². The zero-order valence-corrected chi connectivity index (χ0v) is 11.7. The Morgan fingerprint density at radius 2 is 2.17 bits per heavy atom. The fourth-order valence-corrected chi connectivity index (χ4v) is 2.07. The first-order valence-electron chi connectivity index (χ1n) is 5.88. The average molecular weight is 263 g/mol. The number of rotatable bonds is 6. The lowest BCUT2D eigenvalue weighted by Gasteiger charge is -1.94. The second-order valence-electron chi connectivity index (χ2n) is 3.54. The molecule has 0 saturated heterocycles. The van der Waals surface area contributed by atoms with E-state index in [9.17, 15) is 4.79 Å². The van der Waals surface area contributed by atoms with Gasteiger partial charge in [-0.25, -0.2) is 0 Å². The molecule has 0 radical (unpaired) electrons. The first-order chi connectivity index (χ1) is 8.76. The molecule has 0 unspecified atom stereocenters. The van der Waals surface area contributed by atoms with Gasteiger partial charge in [-0.05, 0) is 29.9 Å². The van der Waals surface area contributed by atoms with Gasteiger partial charge in [-0.2, -0.15) is 0 Å². The molecule has 0 aliphatic carbocycles. The van der Waals surface area contributed by atoms with Crippen LogP contribution in [0.25, 0.3) is 0 Å². The molecule has 1 aromatic rings. The first-order valence-corrected chi connectivity index (χ1v) is 6.76. The Kier molecular flexibility index (Phi) is 9.60. The van der Waals surface area contributed by atoms with Crippen LogP contribution in [0.2, 0.25) is 0 Å². The summed E-state index contributed by atoms with van der Waals surface area (Å²) >= 11 is 1.48. The summed E-state index contributed by atoms with van der Waals surface area (Å²) in [5.74, 6) is 0. The van der Waals surface area contributed by atoms with Crippen molar-refractivity contribution >= 4 is 17.6 Å². The lowest BCUT2D eigenvalue weighted by atomic mass is 10.2. The Hall–Kier alpha value is -1.61. The van der Waals surface area contributed by atoms with E-state index in [4.69, 9.17) is 5.73 Å². The van der Waals surface area contributed by atoms with Gasteiger partial charge in [0, 0.05) is 12.1 Å². The van der Waals surface area contributed by atoms with Gasteiger partial charge in [-0.1, -0.05) is 25.2 Å². The minimum absolute atomic E-state index is 0.786. The molecular weight excluding hydrogens is 242 g/mol. The molecule has 0 spiro atoms. The summed E-state index contributed by atoms with van der Waals surface area (Å²) < 4.78 is 0. The fraction of sp³-hybridized carbons (Fsp3) is 0.267. The van der Waals surface area contributed by atoms with E-state index in [0.29, 0.717) is 0 Å². The maximum Gasteiger partial charge on any atom is 0.160 e. The van der Waals surface area contributed by atoms with Crippen LogP contribution in [0.5, 0.6) is 0 Å². The molecule has 2 nitrogen and oxygen atoms in total.